The highest BCUT2D eigenvalue weighted by Gasteiger charge is 2.30. The van der Waals surface area contributed by atoms with E-state index in [1.165, 1.54) is 6.20 Å². The number of benzene rings is 1. The number of rotatable bonds is 2. The summed E-state index contributed by atoms with van der Waals surface area (Å²) in [4.78, 5) is 0. The molecule has 2 aromatic rings. The number of hydrogen-bond donors (Lipinski definition) is 1. The molecule has 0 atom stereocenters. The lowest BCUT2D eigenvalue weighted by atomic mass is 9.98. The number of nitrogens with zero attached hydrogens (tertiary/aromatic N) is 2. The van der Waals surface area contributed by atoms with Gasteiger partial charge in [0, 0.05) is 5.56 Å². The Hall–Kier alpha value is -2.29. The largest absolute Gasteiger partial charge is 0.394 e. The van der Waals surface area contributed by atoms with Gasteiger partial charge in [-0.25, -0.2) is 0 Å². The van der Waals surface area contributed by atoms with Crippen molar-refractivity contribution in [2.75, 3.05) is 0 Å². The molecule has 0 aliphatic rings. The van der Waals surface area contributed by atoms with Crippen LogP contribution in [0, 0.1) is 18.3 Å². The molecule has 0 aliphatic carbocycles. The van der Waals surface area contributed by atoms with Gasteiger partial charge in [0.15, 0.2) is 0 Å². The number of aryl methyl sites for hydroxylation is 1. The van der Waals surface area contributed by atoms with Gasteiger partial charge in [-0.15, -0.1) is 0 Å². The highest BCUT2D eigenvalue weighted by molar-refractivity contribution is 5.70. The Labute approximate surface area is 107 Å². The minimum absolute atomic E-state index is 0.00527. The average molecular weight is 265 g/mol. The molecule has 0 unspecified atom stereocenters. The number of aromatic nitrogens is 2. The van der Waals surface area contributed by atoms with Crippen LogP contribution in [0.25, 0.3) is 11.1 Å². The highest BCUT2D eigenvalue weighted by Crippen LogP contribution is 2.30. The van der Waals surface area contributed by atoms with Gasteiger partial charge in [-0.3, -0.25) is 5.10 Å². The monoisotopic (exact) mass is 265 g/mol. The number of hydrogen-bond acceptors (Lipinski definition) is 2. The van der Waals surface area contributed by atoms with Crippen LogP contribution in [0.2, 0.25) is 0 Å². The molecule has 1 N–H and O–H groups in total. The molecule has 3 nitrogen and oxygen atoms in total. The van der Waals surface area contributed by atoms with Crippen molar-refractivity contribution in [3.05, 3.63) is 41.2 Å². The van der Waals surface area contributed by atoms with E-state index >= 15 is 0 Å². The van der Waals surface area contributed by atoms with E-state index in [0.29, 0.717) is 16.7 Å². The Balaban J connectivity index is 2.49. The molecule has 0 aliphatic heterocycles. The highest BCUT2D eigenvalue weighted by atomic mass is 19.4. The number of nitriles is 1. The number of alkyl halides is 3. The molecule has 1 heterocycles. The van der Waals surface area contributed by atoms with Crippen molar-refractivity contribution in [1.29, 1.82) is 5.26 Å². The number of halogens is 3. The second-order valence-corrected chi connectivity index (χ2v) is 4.20. The fraction of sp³-hybridized carbons (Fsp3) is 0.231. The fourth-order valence-electron chi connectivity index (χ4n) is 1.86. The lowest BCUT2D eigenvalue weighted by Crippen LogP contribution is -2.12. The van der Waals surface area contributed by atoms with Crippen LogP contribution in [0.15, 0.2) is 24.4 Å². The maximum Gasteiger partial charge on any atom is 0.394 e. The molecular weight excluding hydrogens is 255 g/mol. The first kappa shape index (κ1) is 13.1. The van der Waals surface area contributed by atoms with E-state index in [4.69, 9.17) is 5.26 Å². The first-order chi connectivity index (χ1) is 8.90. The molecule has 1 aromatic carbocycles. The van der Waals surface area contributed by atoms with Gasteiger partial charge in [0.05, 0.1) is 29.9 Å². The zero-order chi connectivity index (χ0) is 14.0. The molecule has 0 fully saturated rings. The van der Waals surface area contributed by atoms with Crippen LogP contribution >= 0.6 is 0 Å². The zero-order valence-corrected chi connectivity index (χ0v) is 10.0. The first-order valence-corrected chi connectivity index (χ1v) is 5.51. The number of aromatic amines is 1. The van der Waals surface area contributed by atoms with Gasteiger partial charge < -0.3 is 0 Å². The normalized spacial score (nSPS) is 11.3. The van der Waals surface area contributed by atoms with E-state index in [-0.39, 0.29) is 5.69 Å². The smallest absolute Gasteiger partial charge is 0.282 e. The molecule has 0 bridgehead atoms. The predicted molar refractivity (Wildman–Crippen MR) is 63.2 cm³/mol. The zero-order valence-electron chi connectivity index (χ0n) is 10.0. The molecule has 6 heteroatoms. The summed E-state index contributed by atoms with van der Waals surface area (Å²) in [7, 11) is 0. The van der Waals surface area contributed by atoms with E-state index in [1.54, 1.807) is 25.1 Å². The molecule has 0 spiro atoms. The second-order valence-electron chi connectivity index (χ2n) is 4.20. The van der Waals surface area contributed by atoms with Gasteiger partial charge in [-0.2, -0.15) is 23.5 Å². The third kappa shape index (κ3) is 2.94. The van der Waals surface area contributed by atoms with Crippen LogP contribution in [-0.4, -0.2) is 16.4 Å². The summed E-state index contributed by atoms with van der Waals surface area (Å²) in [5.41, 5.74) is 2.17. The van der Waals surface area contributed by atoms with Gasteiger partial charge in [0.25, 0.3) is 0 Å². The summed E-state index contributed by atoms with van der Waals surface area (Å²) in [5, 5.41) is 14.9. The maximum absolute atomic E-state index is 12.5. The standard InChI is InChI=1S/C13H10F3N3/c1-8-2-3-9(6-17)4-10(8)11-7-18-19-12(11)5-13(14,15)16/h2-4,7H,5H2,1H3,(H,18,19). The molecule has 19 heavy (non-hydrogen) atoms. The van der Waals surface area contributed by atoms with Crippen molar-refractivity contribution in [1.82, 2.24) is 10.2 Å². The summed E-state index contributed by atoms with van der Waals surface area (Å²) < 4.78 is 37.4. The summed E-state index contributed by atoms with van der Waals surface area (Å²) in [6, 6.07) is 6.87. The minimum atomic E-state index is -4.30. The van der Waals surface area contributed by atoms with Crippen LogP contribution in [0.1, 0.15) is 16.8 Å². The molecule has 0 amide bonds. The molecule has 1 aromatic heterocycles. The van der Waals surface area contributed by atoms with Gasteiger partial charge in [0.1, 0.15) is 0 Å². The first-order valence-electron chi connectivity index (χ1n) is 5.51. The Morgan fingerprint density at radius 1 is 1.32 bits per heavy atom. The van der Waals surface area contributed by atoms with E-state index in [0.717, 1.165) is 5.56 Å². The Morgan fingerprint density at radius 3 is 2.68 bits per heavy atom. The van der Waals surface area contributed by atoms with Crippen LogP contribution in [0.5, 0.6) is 0 Å². The molecule has 0 saturated heterocycles. The molecule has 0 saturated carbocycles. The topological polar surface area (TPSA) is 52.5 Å². The molecule has 2 rings (SSSR count). The summed E-state index contributed by atoms with van der Waals surface area (Å²) in [6.45, 7) is 1.78. The van der Waals surface area contributed by atoms with Crippen LogP contribution in [-0.2, 0) is 6.42 Å². The lowest BCUT2D eigenvalue weighted by molar-refractivity contribution is -0.127. The van der Waals surface area contributed by atoms with E-state index < -0.39 is 12.6 Å². The Kier molecular flexibility index (Phi) is 3.30. The van der Waals surface area contributed by atoms with Crippen LogP contribution < -0.4 is 0 Å². The van der Waals surface area contributed by atoms with Gasteiger partial charge >= 0.3 is 6.18 Å². The van der Waals surface area contributed by atoms with Crippen molar-refractivity contribution in [3.63, 3.8) is 0 Å². The van der Waals surface area contributed by atoms with Crippen LogP contribution in [0.4, 0.5) is 13.2 Å². The lowest BCUT2D eigenvalue weighted by Gasteiger charge is -2.09. The van der Waals surface area contributed by atoms with Gasteiger partial charge in [-0.05, 0) is 30.2 Å². The summed E-state index contributed by atoms with van der Waals surface area (Å²) in [6.07, 6.45) is -4.02. The van der Waals surface area contributed by atoms with Crippen molar-refractivity contribution >= 4 is 0 Å². The fourth-order valence-corrected chi connectivity index (χ4v) is 1.86. The third-order valence-corrected chi connectivity index (χ3v) is 2.75. The maximum atomic E-state index is 12.5. The molecule has 0 radical (unpaired) electrons. The van der Waals surface area contributed by atoms with E-state index in [1.807, 2.05) is 6.07 Å². The van der Waals surface area contributed by atoms with Gasteiger partial charge in [0.2, 0.25) is 0 Å². The predicted octanol–water partition coefficient (Wildman–Crippen LogP) is 3.36. The van der Waals surface area contributed by atoms with Crippen molar-refractivity contribution in [3.8, 4) is 17.2 Å². The Bertz CT molecular complexity index is 635. The third-order valence-electron chi connectivity index (χ3n) is 2.75. The minimum Gasteiger partial charge on any atom is -0.282 e. The summed E-state index contributed by atoms with van der Waals surface area (Å²) >= 11 is 0. The number of nitrogens with one attached hydrogen (secondary N) is 1. The Morgan fingerprint density at radius 2 is 2.05 bits per heavy atom. The van der Waals surface area contributed by atoms with Gasteiger partial charge in [-0.1, -0.05) is 6.07 Å². The quantitative estimate of drug-likeness (QED) is 0.905. The average Bonchev–Trinajstić information content (AvgIpc) is 2.75. The van der Waals surface area contributed by atoms with Crippen molar-refractivity contribution in [2.45, 2.75) is 19.5 Å². The molecular formula is C13H10F3N3. The number of H-pyrrole nitrogens is 1. The molecule has 98 valence electrons. The second kappa shape index (κ2) is 4.76. The SMILES string of the molecule is Cc1ccc(C#N)cc1-c1cn[nH]c1CC(F)(F)F. The van der Waals surface area contributed by atoms with E-state index in [2.05, 4.69) is 10.2 Å². The van der Waals surface area contributed by atoms with Crippen molar-refractivity contribution in [2.24, 2.45) is 0 Å². The van der Waals surface area contributed by atoms with Crippen molar-refractivity contribution < 1.29 is 13.2 Å². The van der Waals surface area contributed by atoms with Crippen LogP contribution in [0.3, 0.4) is 0 Å². The summed E-state index contributed by atoms with van der Waals surface area (Å²) in [5.74, 6) is 0. The van der Waals surface area contributed by atoms with E-state index in [9.17, 15) is 13.2 Å².